The molecular formula is C13H30N2O. The van der Waals surface area contributed by atoms with E-state index in [-0.39, 0.29) is 0 Å². The van der Waals surface area contributed by atoms with E-state index >= 15 is 0 Å². The Bertz CT molecular complexity index is 139. The van der Waals surface area contributed by atoms with Crippen molar-refractivity contribution in [3.05, 3.63) is 0 Å². The molecule has 3 nitrogen and oxygen atoms in total. The van der Waals surface area contributed by atoms with Crippen LogP contribution in [-0.4, -0.2) is 51.3 Å². The van der Waals surface area contributed by atoms with E-state index < -0.39 is 0 Å². The van der Waals surface area contributed by atoms with Gasteiger partial charge in [0.25, 0.3) is 0 Å². The molecule has 0 aliphatic heterocycles. The Morgan fingerprint density at radius 1 is 1.00 bits per heavy atom. The molecule has 0 aromatic rings. The van der Waals surface area contributed by atoms with Crippen molar-refractivity contribution >= 4 is 0 Å². The van der Waals surface area contributed by atoms with Crippen molar-refractivity contribution in [1.82, 2.24) is 10.2 Å². The molecule has 0 atom stereocenters. The maximum Gasteiger partial charge on any atom is 0.0587 e. The summed E-state index contributed by atoms with van der Waals surface area (Å²) in [5, 5.41) is 3.40. The van der Waals surface area contributed by atoms with Crippen molar-refractivity contribution < 1.29 is 4.74 Å². The lowest BCUT2D eigenvalue weighted by Gasteiger charge is -2.26. The number of nitrogens with zero attached hydrogens (tertiary/aromatic N) is 1. The van der Waals surface area contributed by atoms with Gasteiger partial charge in [-0.15, -0.1) is 0 Å². The first kappa shape index (κ1) is 15.9. The second kappa shape index (κ2) is 10.1. The molecule has 0 aromatic carbocycles. The third kappa shape index (κ3) is 10.4. The zero-order chi connectivity index (χ0) is 12.4. The second-order valence-electron chi connectivity index (χ2n) is 5.29. The fourth-order valence-electron chi connectivity index (χ4n) is 1.83. The van der Waals surface area contributed by atoms with Crippen LogP contribution >= 0.6 is 0 Å². The van der Waals surface area contributed by atoms with Gasteiger partial charge in [0.05, 0.1) is 6.61 Å². The van der Waals surface area contributed by atoms with Crippen LogP contribution in [0.5, 0.6) is 0 Å². The Labute approximate surface area is 102 Å². The van der Waals surface area contributed by atoms with Gasteiger partial charge in [0.2, 0.25) is 0 Å². The summed E-state index contributed by atoms with van der Waals surface area (Å²) in [7, 11) is 1.74. The summed E-state index contributed by atoms with van der Waals surface area (Å²) in [6, 6.07) is 0. The lowest BCUT2D eigenvalue weighted by Crippen LogP contribution is -2.37. The molecule has 0 aromatic heterocycles. The van der Waals surface area contributed by atoms with Crippen LogP contribution in [-0.2, 0) is 4.74 Å². The fourth-order valence-corrected chi connectivity index (χ4v) is 1.83. The first-order valence-corrected chi connectivity index (χ1v) is 6.48. The monoisotopic (exact) mass is 230 g/mol. The van der Waals surface area contributed by atoms with Crippen molar-refractivity contribution in [3.8, 4) is 0 Å². The topological polar surface area (TPSA) is 24.5 Å². The zero-order valence-corrected chi connectivity index (χ0v) is 11.8. The normalized spacial score (nSPS) is 12.0. The summed E-state index contributed by atoms with van der Waals surface area (Å²) in [6.07, 6.45) is 0. The van der Waals surface area contributed by atoms with Gasteiger partial charge in [-0.05, 0) is 11.8 Å². The standard InChI is InChI=1S/C13H30N2O/c1-12(2)10-15(11-13(3)4)8-6-14-7-9-16-5/h12-14H,6-11H2,1-5H3. The summed E-state index contributed by atoms with van der Waals surface area (Å²) < 4.78 is 5.00. The molecule has 0 amide bonds. The molecule has 0 rings (SSSR count). The van der Waals surface area contributed by atoms with Crippen molar-refractivity contribution in [3.63, 3.8) is 0 Å². The SMILES string of the molecule is COCCNCCN(CC(C)C)CC(C)C. The quantitative estimate of drug-likeness (QED) is 0.580. The predicted octanol–water partition coefficient (Wildman–Crippen LogP) is 1.84. The Hall–Kier alpha value is -0.120. The Morgan fingerprint density at radius 2 is 1.56 bits per heavy atom. The van der Waals surface area contributed by atoms with Crippen LogP contribution in [0.4, 0.5) is 0 Å². The van der Waals surface area contributed by atoms with E-state index in [0.29, 0.717) is 0 Å². The highest BCUT2D eigenvalue weighted by atomic mass is 16.5. The van der Waals surface area contributed by atoms with Gasteiger partial charge in [-0.2, -0.15) is 0 Å². The smallest absolute Gasteiger partial charge is 0.0587 e. The summed E-state index contributed by atoms with van der Waals surface area (Å²) in [5.41, 5.74) is 0. The first-order valence-electron chi connectivity index (χ1n) is 6.48. The molecule has 3 heteroatoms. The summed E-state index contributed by atoms with van der Waals surface area (Å²) in [6.45, 7) is 15.5. The molecule has 0 heterocycles. The Kier molecular flexibility index (Phi) is 9.99. The van der Waals surface area contributed by atoms with Crippen LogP contribution in [0.1, 0.15) is 27.7 Å². The summed E-state index contributed by atoms with van der Waals surface area (Å²) in [4.78, 5) is 2.55. The maximum atomic E-state index is 5.00. The number of nitrogens with one attached hydrogen (secondary N) is 1. The van der Waals surface area contributed by atoms with E-state index in [1.165, 1.54) is 13.1 Å². The molecule has 0 saturated carbocycles. The van der Waals surface area contributed by atoms with Crippen LogP contribution in [0, 0.1) is 11.8 Å². The summed E-state index contributed by atoms with van der Waals surface area (Å²) >= 11 is 0. The third-order valence-corrected chi connectivity index (χ3v) is 2.33. The van der Waals surface area contributed by atoms with Gasteiger partial charge in [-0.25, -0.2) is 0 Å². The minimum Gasteiger partial charge on any atom is -0.383 e. The van der Waals surface area contributed by atoms with Crippen LogP contribution < -0.4 is 5.32 Å². The average molecular weight is 230 g/mol. The minimum atomic E-state index is 0.748. The number of rotatable bonds is 10. The predicted molar refractivity (Wildman–Crippen MR) is 70.9 cm³/mol. The largest absolute Gasteiger partial charge is 0.383 e. The van der Waals surface area contributed by atoms with Gasteiger partial charge in [-0.3, -0.25) is 0 Å². The molecule has 0 saturated heterocycles. The maximum absolute atomic E-state index is 5.00. The lowest BCUT2D eigenvalue weighted by molar-refractivity contribution is 0.191. The van der Waals surface area contributed by atoms with E-state index in [0.717, 1.165) is 38.1 Å². The van der Waals surface area contributed by atoms with E-state index in [4.69, 9.17) is 4.74 Å². The summed E-state index contributed by atoms with van der Waals surface area (Å²) in [5.74, 6) is 1.50. The van der Waals surface area contributed by atoms with E-state index in [1.807, 2.05) is 0 Å². The molecule has 0 fully saturated rings. The van der Waals surface area contributed by atoms with Crippen molar-refractivity contribution in [1.29, 1.82) is 0 Å². The van der Waals surface area contributed by atoms with Gasteiger partial charge >= 0.3 is 0 Å². The molecule has 1 N–H and O–H groups in total. The van der Waals surface area contributed by atoms with Crippen molar-refractivity contribution in [2.45, 2.75) is 27.7 Å². The molecule has 0 aliphatic carbocycles. The van der Waals surface area contributed by atoms with Crippen LogP contribution in [0.3, 0.4) is 0 Å². The number of hydrogen-bond acceptors (Lipinski definition) is 3. The first-order chi connectivity index (χ1) is 7.56. The molecular weight excluding hydrogens is 200 g/mol. The molecule has 16 heavy (non-hydrogen) atoms. The number of ether oxygens (including phenoxy) is 1. The highest BCUT2D eigenvalue weighted by Gasteiger charge is 2.08. The Morgan fingerprint density at radius 3 is 2.00 bits per heavy atom. The molecule has 0 radical (unpaired) electrons. The molecule has 0 unspecified atom stereocenters. The van der Waals surface area contributed by atoms with Crippen molar-refractivity contribution in [2.24, 2.45) is 11.8 Å². The highest BCUT2D eigenvalue weighted by molar-refractivity contribution is 4.64. The van der Waals surface area contributed by atoms with Gasteiger partial charge in [0.1, 0.15) is 0 Å². The van der Waals surface area contributed by atoms with Crippen LogP contribution in [0.25, 0.3) is 0 Å². The molecule has 0 spiro atoms. The molecule has 98 valence electrons. The molecule has 0 bridgehead atoms. The second-order valence-corrected chi connectivity index (χ2v) is 5.29. The van der Waals surface area contributed by atoms with E-state index in [9.17, 15) is 0 Å². The molecule has 0 aliphatic rings. The van der Waals surface area contributed by atoms with Crippen LogP contribution in [0.15, 0.2) is 0 Å². The van der Waals surface area contributed by atoms with Gasteiger partial charge in [0.15, 0.2) is 0 Å². The van der Waals surface area contributed by atoms with Crippen molar-refractivity contribution in [2.75, 3.05) is 46.4 Å². The zero-order valence-electron chi connectivity index (χ0n) is 11.8. The minimum absolute atomic E-state index is 0.748. The fraction of sp³-hybridized carbons (Fsp3) is 1.00. The highest BCUT2D eigenvalue weighted by Crippen LogP contribution is 2.02. The number of hydrogen-bond donors (Lipinski definition) is 1. The number of methoxy groups -OCH3 is 1. The van der Waals surface area contributed by atoms with E-state index in [1.54, 1.807) is 7.11 Å². The Balaban J connectivity index is 3.65. The van der Waals surface area contributed by atoms with Crippen LogP contribution in [0.2, 0.25) is 0 Å². The lowest BCUT2D eigenvalue weighted by atomic mass is 10.1. The van der Waals surface area contributed by atoms with Gasteiger partial charge < -0.3 is 15.0 Å². The third-order valence-electron chi connectivity index (χ3n) is 2.33. The van der Waals surface area contributed by atoms with E-state index in [2.05, 4.69) is 37.9 Å². The van der Waals surface area contributed by atoms with Gasteiger partial charge in [0, 0.05) is 39.8 Å². The average Bonchev–Trinajstić information content (AvgIpc) is 2.15. The van der Waals surface area contributed by atoms with Gasteiger partial charge in [-0.1, -0.05) is 27.7 Å².